The van der Waals surface area contributed by atoms with E-state index >= 15 is 0 Å². The number of fused-ring (bicyclic) bond motifs is 1. The molecule has 2 aromatic heterocycles. The van der Waals surface area contributed by atoms with E-state index in [1.54, 1.807) is 0 Å². The number of rotatable bonds is 1. The molecule has 1 aliphatic carbocycles. The van der Waals surface area contributed by atoms with Crippen LogP contribution in [0.15, 0.2) is 21.3 Å². The third kappa shape index (κ3) is 1.71. The van der Waals surface area contributed by atoms with Crippen LogP contribution in [0.3, 0.4) is 0 Å². The van der Waals surface area contributed by atoms with E-state index in [9.17, 15) is 4.79 Å². The number of H-pyrrole nitrogens is 1. The Morgan fingerprint density at radius 2 is 2.12 bits per heavy atom. The third-order valence-electron chi connectivity index (χ3n) is 2.81. The van der Waals surface area contributed by atoms with Crippen LogP contribution in [0.1, 0.15) is 18.6 Å². The van der Waals surface area contributed by atoms with Gasteiger partial charge in [0.05, 0.1) is 10.6 Å². The van der Waals surface area contributed by atoms with Crippen LogP contribution in [-0.2, 0) is 0 Å². The monoisotopic (exact) mass is 228 g/mol. The number of nitrogens with zero attached hydrogens (tertiary/aromatic N) is 1. The van der Waals surface area contributed by atoms with Gasteiger partial charge in [0.25, 0.3) is 5.56 Å². The number of aromatic nitrogens is 2. The molecule has 4 nitrogen and oxygen atoms in total. The van der Waals surface area contributed by atoms with Crippen molar-refractivity contribution in [2.24, 2.45) is 0 Å². The third-order valence-corrected chi connectivity index (χ3v) is 2.81. The maximum Gasteiger partial charge on any atom is 0.258 e. The Bertz CT molecular complexity index is 738. The quantitative estimate of drug-likeness (QED) is 0.781. The summed E-state index contributed by atoms with van der Waals surface area (Å²) in [6, 6.07) is 3.66. The first-order valence-corrected chi connectivity index (χ1v) is 5.61. The number of furan rings is 1. The minimum atomic E-state index is -0.102. The van der Waals surface area contributed by atoms with E-state index in [0.717, 1.165) is 24.0 Å². The minimum absolute atomic E-state index is 0.102. The van der Waals surface area contributed by atoms with E-state index in [1.807, 2.05) is 31.2 Å². The largest absolute Gasteiger partial charge is 0.458 e. The summed E-state index contributed by atoms with van der Waals surface area (Å²) in [5, 5.41) is 1.42. The number of hydrogen-bond donors (Lipinski definition) is 1. The van der Waals surface area contributed by atoms with Gasteiger partial charge in [-0.25, -0.2) is 4.98 Å². The fourth-order valence-corrected chi connectivity index (χ4v) is 1.98. The molecule has 4 heteroatoms. The summed E-state index contributed by atoms with van der Waals surface area (Å²) in [6.45, 7) is 1.86. The molecule has 3 rings (SSSR count). The van der Waals surface area contributed by atoms with Gasteiger partial charge in [0.2, 0.25) is 0 Å². The second kappa shape index (κ2) is 3.73. The highest BCUT2D eigenvalue weighted by Crippen LogP contribution is 2.15. The lowest BCUT2D eigenvalue weighted by Gasteiger charge is -2.01. The summed E-state index contributed by atoms with van der Waals surface area (Å²) < 4.78 is 5.46. The molecule has 0 aliphatic heterocycles. The van der Waals surface area contributed by atoms with Crippen LogP contribution < -0.4 is 16.1 Å². The van der Waals surface area contributed by atoms with Crippen molar-refractivity contribution < 1.29 is 4.42 Å². The molecule has 1 N–H and O–H groups in total. The number of nitrogens with one attached hydrogen (secondary N) is 1. The fourth-order valence-electron chi connectivity index (χ4n) is 1.98. The van der Waals surface area contributed by atoms with Gasteiger partial charge in [-0.3, -0.25) is 4.79 Å². The number of aromatic amines is 1. The number of hydrogen-bond acceptors (Lipinski definition) is 3. The fraction of sp³-hybridized carbons (Fsp3) is 0.231. The molecule has 0 atom stereocenters. The summed E-state index contributed by atoms with van der Waals surface area (Å²) in [5.41, 5.74) is -0.102. The molecule has 0 radical (unpaired) electrons. The van der Waals surface area contributed by atoms with Gasteiger partial charge in [-0.2, -0.15) is 0 Å². The molecule has 1 aliphatic rings. The van der Waals surface area contributed by atoms with Gasteiger partial charge in [-0.1, -0.05) is 12.2 Å². The molecule has 0 amide bonds. The van der Waals surface area contributed by atoms with Crippen LogP contribution in [0, 0.1) is 6.92 Å². The van der Waals surface area contributed by atoms with Crippen molar-refractivity contribution in [3.63, 3.8) is 0 Å². The van der Waals surface area contributed by atoms with Gasteiger partial charge in [-0.05, 0) is 31.9 Å². The Kier molecular flexibility index (Phi) is 2.21. The molecule has 86 valence electrons. The van der Waals surface area contributed by atoms with Gasteiger partial charge in [0.1, 0.15) is 5.76 Å². The van der Waals surface area contributed by atoms with Crippen molar-refractivity contribution in [1.82, 2.24) is 9.97 Å². The van der Waals surface area contributed by atoms with Crippen molar-refractivity contribution in [3.8, 4) is 11.6 Å². The topological polar surface area (TPSA) is 58.9 Å². The van der Waals surface area contributed by atoms with E-state index in [0.29, 0.717) is 16.8 Å². The maximum atomic E-state index is 11.9. The van der Waals surface area contributed by atoms with E-state index in [4.69, 9.17) is 4.42 Å². The second-order valence-electron chi connectivity index (χ2n) is 4.11. The predicted molar refractivity (Wildman–Crippen MR) is 64.7 cm³/mol. The van der Waals surface area contributed by atoms with Gasteiger partial charge < -0.3 is 9.40 Å². The van der Waals surface area contributed by atoms with Gasteiger partial charge in [0, 0.05) is 0 Å². The van der Waals surface area contributed by atoms with Crippen molar-refractivity contribution in [1.29, 1.82) is 0 Å². The smallest absolute Gasteiger partial charge is 0.258 e. The lowest BCUT2D eigenvalue weighted by atomic mass is 10.1. The Labute approximate surface area is 97.3 Å². The average molecular weight is 228 g/mol. The summed E-state index contributed by atoms with van der Waals surface area (Å²) in [7, 11) is 0. The van der Waals surface area contributed by atoms with E-state index in [2.05, 4.69) is 9.97 Å². The van der Waals surface area contributed by atoms with Crippen molar-refractivity contribution in [2.45, 2.75) is 19.8 Å². The Morgan fingerprint density at radius 3 is 2.88 bits per heavy atom. The van der Waals surface area contributed by atoms with Crippen molar-refractivity contribution in [3.05, 3.63) is 38.8 Å². The zero-order valence-corrected chi connectivity index (χ0v) is 9.49. The molecular weight excluding hydrogens is 216 g/mol. The molecule has 2 aromatic rings. The predicted octanol–water partition coefficient (Wildman–Crippen LogP) is 0.693. The van der Waals surface area contributed by atoms with Crippen LogP contribution in [0.25, 0.3) is 23.7 Å². The van der Waals surface area contributed by atoms with E-state index < -0.39 is 0 Å². The normalized spacial score (nSPS) is 13.7. The van der Waals surface area contributed by atoms with E-state index in [1.165, 1.54) is 0 Å². The molecular formula is C13H12N2O2. The lowest BCUT2D eigenvalue weighted by molar-refractivity contribution is 0.543. The Hall–Kier alpha value is -2.10. The number of aryl methyl sites for hydroxylation is 1. The van der Waals surface area contributed by atoms with Crippen LogP contribution in [0.4, 0.5) is 0 Å². The summed E-state index contributed by atoms with van der Waals surface area (Å²) in [4.78, 5) is 19.1. The highest BCUT2D eigenvalue weighted by molar-refractivity contribution is 5.47. The average Bonchev–Trinajstić information content (AvgIpc) is 2.76. The van der Waals surface area contributed by atoms with E-state index in [-0.39, 0.29) is 5.56 Å². The Balaban J connectivity index is 2.28. The molecule has 2 heterocycles. The molecule has 0 fully saturated rings. The maximum absolute atomic E-state index is 11.9. The molecule has 0 aromatic carbocycles. The highest BCUT2D eigenvalue weighted by atomic mass is 16.3. The van der Waals surface area contributed by atoms with Crippen LogP contribution >= 0.6 is 0 Å². The second-order valence-corrected chi connectivity index (χ2v) is 4.11. The van der Waals surface area contributed by atoms with Crippen molar-refractivity contribution >= 4 is 12.2 Å². The molecule has 0 saturated carbocycles. The zero-order valence-electron chi connectivity index (χ0n) is 9.49. The standard InChI is InChI=1S/C13H12N2O2/c1-8-6-7-11(17-8)12-14-10-5-3-2-4-9(10)13(16)15-12/h4-7H,2-3H2,1H3,(H,14,15,16). The lowest BCUT2D eigenvalue weighted by Crippen LogP contribution is -2.44. The summed E-state index contributed by atoms with van der Waals surface area (Å²) >= 11 is 0. The van der Waals surface area contributed by atoms with Gasteiger partial charge in [-0.15, -0.1) is 0 Å². The van der Waals surface area contributed by atoms with Gasteiger partial charge in [0.15, 0.2) is 11.6 Å². The zero-order chi connectivity index (χ0) is 11.8. The first-order chi connectivity index (χ1) is 8.24. The first kappa shape index (κ1) is 10.1. The molecule has 0 bridgehead atoms. The molecule has 17 heavy (non-hydrogen) atoms. The van der Waals surface area contributed by atoms with Crippen LogP contribution in [0.2, 0.25) is 0 Å². The van der Waals surface area contributed by atoms with Crippen molar-refractivity contribution in [2.75, 3.05) is 0 Å². The Morgan fingerprint density at radius 1 is 1.29 bits per heavy atom. The summed E-state index contributed by atoms with van der Waals surface area (Å²) in [5.74, 6) is 1.89. The molecule has 0 spiro atoms. The SMILES string of the molecule is Cc1ccc(-c2nc3c(c(=O)[nH]2)=CCCC=3)o1. The van der Waals surface area contributed by atoms with Crippen LogP contribution in [0.5, 0.6) is 0 Å². The summed E-state index contributed by atoms with van der Waals surface area (Å²) in [6.07, 6.45) is 5.75. The first-order valence-electron chi connectivity index (χ1n) is 5.61. The minimum Gasteiger partial charge on any atom is -0.458 e. The molecule has 0 saturated heterocycles. The van der Waals surface area contributed by atoms with Gasteiger partial charge >= 0.3 is 0 Å². The van der Waals surface area contributed by atoms with Crippen LogP contribution in [-0.4, -0.2) is 9.97 Å². The molecule has 0 unspecified atom stereocenters. The highest BCUT2D eigenvalue weighted by Gasteiger charge is 2.07.